The summed E-state index contributed by atoms with van der Waals surface area (Å²) in [6.07, 6.45) is 2.73. The zero-order valence-corrected chi connectivity index (χ0v) is 16.9. The average Bonchev–Trinajstić information content (AvgIpc) is 3.38. The van der Waals surface area contributed by atoms with Crippen molar-refractivity contribution in [1.29, 1.82) is 0 Å². The molecule has 4 aliphatic rings. The van der Waals surface area contributed by atoms with Crippen molar-refractivity contribution >= 4 is 35.0 Å². The van der Waals surface area contributed by atoms with Crippen LogP contribution in [-0.2, 0) is 14.3 Å². The van der Waals surface area contributed by atoms with Crippen LogP contribution in [0.5, 0.6) is 0 Å². The molecule has 3 saturated heterocycles. The van der Waals surface area contributed by atoms with Crippen molar-refractivity contribution < 1.29 is 23.9 Å². The molecule has 1 aliphatic carbocycles. The monoisotopic (exact) mass is 417 g/mol. The molecule has 1 saturated carbocycles. The molecule has 0 radical (unpaired) electrons. The third-order valence-corrected chi connectivity index (χ3v) is 7.46. The highest BCUT2D eigenvalue weighted by Crippen LogP contribution is 2.41. The Kier molecular flexibility index (Phi) is 4.38. The van der Waals surface area contributed by atoms with Gasteiger partial charge in [-0.15, -0.1) is 11.3 Å². The number of Topliss-reactive ketones (excluding diaryl/α,β-unsaturated/α-hetero) is 1. The molecule has 1 aromatic rings. The molecule has 1 spiro atoms. The minimum atomic E-state index is -0.692. The Morgan fingerprint density at radius 1 is 1.07 bits per heavy atom. The molecule has 0 N–H and O–H groups in total. The highest BCUT2D eigenvalue weighted by Gasteiger charge is 2.57. The van der Waals surface area contributed by atoms with Crippen LogP contribution in [0, 0.1) is 5.92 Å². The van der Waals surface area contributed by atoms with Crippen LogP contribution in [0.4, 0.5) is 4.79 Å². The third-order valence-electron chi connectivity index (χ3n) is 6.59. The number of carbonyl (C=O) groups excluding carboxylic acids is 4. The summed E-state index contributed by atoms with van der Waals surface area (Å²) in [4.78, 5) is 55.6. The normalized spacial score (nSPS) is 25.7. The average molecular weight is 417 g/mol. The van der Waals surface area contributed by atoms with E-state index in [1.165, 1.54) is 11.3 Å². The second-order valence-electron chi connectivity index (χ2n) is 8.30. The largest absolute Gasteiger partial charge is 0.440 e. The maximum atomic E-state index is 12.7. The molecule has 29 heavy (non-hydrogen) atoms. The van der Waals surface area contributed by atoms with E-state index in [4.69, 9.17) is 4.74 Å². The molecule has 4 fully saturated rings. The van der Waals surface area contributed by atoms with Gasteiger partial charge in [-0.25, -0.2) is 4.79 Å². The van der Waals surface area contributed by atoms with E-state index in [9.17, 15) is 19.2 Å². The number of piperidine rings is 1. The maximum absolute atomic E-state index is 12.7. The molecule has 8 nitrogen and oxygen atoms in total. The van der Waals surface area contributed by atoms with E-state index in [0.29, 0.717) is 43.9 Å². The van der Waals surface area contributed by atoms with Crippen LogP contribution in [0.2, 0.25) is 0 Å². The Morgan fingerprint density at radius 2 is 1.83 bits per heavy atom. The molecule has 9 heteroatoms. The SMILES string of the molecule is O=C(C(=O)N1CCN2C(=O)OC3(CCN(C(=O)C4CC4)CC3)C2C1)c1cccs1. The first-order valence-electron chi connectivity index (χ1n) is 10.1. The van der Waals surface area contributed by atoms with Crippen LogP contribution in [0.15, 0.2) is 17.5 Å². The van der Waals surface area contributed by atoms with Crippen molar-refractivity contribution in [2.75, 3.05) is 32.7 Å². The summed E-state index contributed by atoms with van der Waals surface area (Å²) in [5.41, 5.74) is -0.692. The highest BCUT2D eigenvalue weighted by atomic mass is 32.1. The van der Waals surface area contributed by atoms with E-state index in [1.807, 2.05) is 4.90 Å². The molecule has 1 unspecified atom stereocenters. The van der Waals surface area contributed by atoms with Crippen molar-refractivity contribution in [2.24, 2.45) is 5.92 Å². The smallest absolute Gasteiger partial charge is 0.410 e. The van der Waals surface area contributed by atoms with Gasteiger partial charge in [0.2, 0.25) is 5.91 Å². The third kappa shape index (κ3) is 3.11. The number of piperazine rings is 1. The van der Waals surface area contributed by atoms with Crippen LogP contribution in [0.3, 0.4) is 0 Å². The predicted molar refractivity (Wildman–Crippen MR) is 103 cm³/mol. The quantitative estimate of drug-likeness (QED) is 0.548. The lowest BCUT2D eigenvalue weighted by molar-refractivity contribution is -0.137. The fourth-order valence-electron chi connectivity index (χ4n) is 4.72. The van der Waals surface area contributed by atoms with Gasteiger partial charge in [0.15, 0.2) is 0 Å². The molecule has 1 atom stereocenters. The number of amides is 3. The van der Waals surface area contributed by atoms with Gasteiger partial charge in [0.1, 0.15) is 5.60 Å². The summed E-state index contributed by atoms with van der Waals surface area (Å²) < 4.78 is 5.83. The number of hydrogen-bond donors (Lipinski definition) is 0. The molecular formula is C20H23N3O5S. The molecular weight excluding hydrogens is 394 g/mol. The van der Waals surface area contributed by atoms with Crippen LogP contribution < -0.4 is 0 Å². The van der Waals surface area contributed by atoms with Gasteiger partial charge in [-0.1, -0.05) is 6.07 Å². The summed E-state index contributed by atoms with van der Waals surface area (Å²) in [6, 6.07) is 3.12. The van der Waals surface area contributed by atoms with Gasteiger partial charge in [-0.2, -0.15) is 0 Å². The van der Waals surface area contributed by atoms with E-state index in [0.717, 1.165) is 12.8 Å². The standard InChI is InChI=1S/C20H23N3O5S/c24-16(14-2-1-11-29-14)18(26)22-9-10-23-15(12-22)20(28-19(23)27)5-7-21(8-6-20)17(25)13-3-4-13/h1-2,11,13,15H,3-10,12H2. The van der Waals surface area contributed by atoms with Crippen molar-refractivity contribution in [3.8, 4) is 0 Å². The Balaban J connectivity index is 1.30. The number of rotatable bonds is 3. The van der Waals surface area contributed by atoms with E-state index >= 15 is 0 Å². The lowest BCUT2D eigenvalue weighted by Crippen LogP contribution is -2.62. The first-order chi connectivity index (χ1) is 14.0. The minimum absolute atomic E-state index is 0.178. The van der Waals surface area contributed by atoms with Crippen LogP contribution in [0.1, 0.15) is 35.4 Å². The minimum Gasteiger partial charge on any atom is -0.440 e. The summed E-state index contributed by atoms with van der Waals surface area (Å²) in [5, 5.41) is 1.77. The number of nitrogens with zero attached hydrogens (tertiary/aromatic N) is 3. The zero-order chi connectivity index (χ0) is 20.2. The highest BCUT2D eigenvalue weighted by molar-refractivity contribution is 7.13. The van der Waals surface area contributed by atoms with Crippen molar-refractivity contribution in [1.82, 2.24) is 14.7 Å². The first kappa shape index (κ1) is 18.6. The second-order valence-corrected chi connectivity index (χ2v) is 9.25. The van der Waals surface area contributed by atoms with Crippen molar-refractivity contribution in [2.45, 2.75) is 37.3 Å². The molecule has 5 rings (SSSR count). The Labute approximate surface area is 172 Å². The zero-order valence-electron chi connectivity index (χ0n) is 16.0. The van der Waals surface area contributed by atoms with Gasteiger partial charge in [-0.05, 0) is 24.3 Å². The van der Waals surface area contributed by atoms with Crippen LogP contribution in [0.25, 0.3) is 0 Å². The molecule has 3 aliphatic heterocycles. The fourth-order valence-corrected chi connectivity index (χ4v) is 5.38. The lowest BCUT2D eigenvalue weighted by Gasteiger charge is -2.45. The number of ketones is 1. The number of likely N-dealkylation sites (tertiary alicyclic amines) is 1. The molecule has 4 heterocycles. The number of fused-ring (bicyclic) bond motifs is 2. The van der Waals surface area contributed by atoms with Gasteiger partial charge in [0.25, 0.3) is 11.7 Å². The van der Waals surface area contributed by atoms with Gasteiger partial charge in [0.05, 0.1) is 10.9 Å². The molecule has 0 aromatic carbocycles. The number of hydrogen-bond acceptors (Lipinski definition) is 6. The lowest BCUT2D eigenvalue weighted by atomic mass is 9.83. The maximum Gasteiger partial charge on any atom is 0.410 e. The number of ether oxygens (including phenoxy) is 1. The van der Waals surface area contributed by atoms with Crippen LogP contribution in [-0.4, -0.2) is 82.8 Å². The summed E-state index contributed by atoms with van der Waals surface area (Å²) in [7, 11) is 0. The molecule has 0 bridgehead atoms. The summed E-state index contributed by atoms with van der Waals surface area (Å²) >= 11 is 1.25. The van der Waals surface area contributed by atoms with E-state index in [2.05, 4.69) is 0 Å². The number of carbonyl (C=O) groups is 4. The van der Waals surface area contributed by atoms with Crippen molar-refractivity contribution in [3.63, 3.8) is 0 Å². The Morgan fingerprint density at radius 3 is 2.48 bits per heavy atom. The molecule has 3 amide bonds. The predicted octanol–water partition coefficient (Wildman–Crippen LogP) is 1.37. The van der Waals surface area contributed by atoms with Gasteiger partial charge < -0.3 is 14.5 Å². The Bertz CT molecular complexity index is 857. The Hall–Kier alpha value is -2.42. The second kappa shape index (κ2) is 6.83. The summed E-state index contributed by atoms with van der Waals surface area (Å²) in [6.45, 7) is 2.10. The molecule has 1 aromatic heterocycles. The van der Waals surface area contributed by atoms with E-state index < -0.39 is 17.3 Å². The van der Waals surface area contributed by atoms with Gasteiger partial charge >= 0.3 is 6.09 Å². The van der Waals surface area contributed by atoms with Crippen LogP contribution >= 0.6 is 11.3 Å². The number of thiophene rings is 1. The molecule has 154 valence electrons. The first-order valence-corrected chi connectivity index (χ1v) is 11.0. The van der Waals surface area contributed by atoms with E-state index in [1.54, 1.807) is 27.3 Å². The van der Waals surface area contributed by atoms with Gasteiger partial charge in [-0.3, -0.25) is 19.3 Å². The van der Waals surface area contributed by atoms with Gasteiger partial charge in [0, 0.05) is 51.5 Å². The van der Waals surface area contributed by atoms with E-state index in [-0.39, 0.29) is 30.5 Å². The van der Waals surface area contributed by atoms with Crippen molar-refractivity contribution in [3.05, 3.63) is 22.4 Å². The summed E-state index contributed by atoms with van der Waals surface area (Å²) in [5.74, 6) is -0.638. The topological polar surface area (TPSA) is 87.2 Å². The fraction of sp³-hybridized carbons (Fsp3) is 0.600.